The normalized spacial score (nSPS) is 12.1. The highest BCUT2D eigenvalue weighted by Gasteiger charge is 2.17. The Balaban J connectivity index is 2.15. The average molecular weight is 392 g/mol. The van der Waals surface area contributed by atoms with Crippen LogP contribution in [-0.4, -0.2) is 22.5 Å². The standard InChI is InChI=1S/C19H18F2N2OS2/c1-3-12-7-8-15-16(11-12)26-19(23(15)9-10-25-2)22-18(24)17-13(20)5-4-6-14(17)21/h4-8,11H,3,9-10H2,1-2H3. The largest absolute Gasteiger partial charge is 0.316 e. The van der Waals surface area contributed by atoms with E-state index in [0.717, 1.165) is 34.5 Å². The minimum absolute atomic E-state index is 0.454. The highest BCUT2D eigenvalue weighted by atomic mass is 32.2. The van der Waals surface area contributed by atoms with Gasteiger partial charge in [0.15, 0.2) is 4.80 Å². The van der Waals surface area contributed by atoms with Crippen molar-refractivity contribution in [2.75, 3.05) is 12.0 Å². The summed E-state index contributed by atoms with van der Waals surface area (Å²) in [5.74, 6) is -1.86. The summed E-state index contributed by atoms with van der Waals surface area (Å²) in [6.45, 7) is 2.74. The van der Waals surface area contributed by atoms with Crippen LogP contribution in [0.4, 0.5) is 8.78 Å². The van der Waals surface area contributed by atoms with Crippen molar-refractivity contribution < 1.29 is 13.6 Å². The quantitative estimate of drug-likeness (QED) is 0.634. The number of thioether (sulfide) groups is 1. The van der Waals surface area contributed by atoms with Crippen LogP contribution in [0.2, 0.25) is 0 Å². The zero-order chi connectivity index (χ0) is 18.7. The second-order valence-electron chi connectivity index (χ2n) is 5.70. The van der Waals surface area contributed by atoms with Gasteiger partial charge in [-0.3, -0.25) is 4.79 Å². The molecule has 0 spiro atoms. The lowest BCUT2D eigenvalue weighted by atomic mass is 10.2. The maximum absolute atomic E-state index is 13.9. The monoisotopic (exact) mass is 392 g/mol. The summed E-state index contributed by atoms with van der Waals surface area (Å²) in [6.07, 6.45) is 2.91. The Labute approximate surface area is 158 Å². The van der Waals surface area contributed by atoms with Gasteiger partial charge in [0.25, 0.3) is 5.91 Å². The first-order valence-electron chi connectivity index (χ1n) is 8.19. The number of aryl methyl sites for hydroxylation is 2. The maximum Gasteiger partial charge on any atom is 0.285 e. The molecule has 1 amide bonds. The molecule has 7 heteroatoms. The molecule has 0 saturated carbocycles. The van der Waals surface area contributed by atoms with Crippen LogP contribution in [0.3, 0.4) is 0 Å². The number of carbonyl (C=O) groups excluding carboxylic acids is 1. The predicted molar refractivity (Wildman–Crippen MR) is 104 cm³/mol. The van der Waals surface area contributed by atoms with Gasteiger partial charge in [0.1, 0.15) is 17.2 Å². The zero-order valence-electron chi connectivity index (χ0n) is 14.5. The summed E-state index contributed by atoms with van der Waals surface area (Å²) in [6, 6.07) is 9.48. The molecule has 26 heavy (non-hydrogen) atoms. The molecule has 0 unspecified atom stereocenters. The highest BCUT2D eigenvalue weighted by Crippen LogP contribution is 2.20. The number of carbonyl (C=O) groups is 1. The molecule has 0 bridgehead atoms. The van der Waals surface area contributed by atoms with E-state index in [2.05, 4.69) is 18.0 Å². The van der Waals surface area contributed by atoms with Crippen molar-refractivity contribution in [2.24, 2.45) is 4.99 Å². The lowest BCUT2D eigenvalue weighted by Crippen LogP contribution is -2.19. The lowest BCUT2D eigenvalue weighted by Gasteiger charge is -2.04. The Hall–Kier alpha value is -1.99. The first-order valence-corrected chi connectivity index (χ1v) is 10.4. The Bertz CT molecular complexity index is 1000. The predicted octanol–water partition coefficient (Wildman–Crippen LogP) is 4.65. The Morgan fingerprint density at radius 1 is 1.23 bits per heavy atom. The molecular weight excluding hydrogens is 374 g/mol. The van der Waals surface area contributed by atoms with Crippen LogP contribution in [0.15, 0.2) is 41.4 Å². The van der Waals surface area contributed by atoms with Gasteiger partial charge in [0, 0.05) is 12.3 Å². The molecule has 0 fully saturated rings. The zero-order valence-corrected chi connectivity index (χ0v) is 16.1. The van der Waals surface area contributed by atoms with Gasteiger partial charge in [0.05, 0.1) is 10.2 Å². The molecule has 0 aliphatic carbocycles. The fourth-order valence-corrected chi connectivity index (χ4v) is 4.15. The number of hydrogen-bond acceptors (Lipinski definition) is 3. The first-order chi connectivity index (χ1) is 12.5. The summed E-state index contributed by atoms with van der Waals surface area (Å²) in [4.78, 5) is 16.9. The van der Waals surface area contributed by atoms with E-state index >= 15 is 0 Å². The van der Waals surface area contributed by atoms with Gasteiger partial charge >= 0.3 is 0 Å². The van der Waals surface area contributed by atoms with Crippen LogP contribution in [-0.2, 0) is 13.0 Å². The molecule has 3 aromatic rings. The smallest absolute Gasteiger partial charge is 0.285 e. The van der Waals surface area contributed by atoms with E-state index in [1.807, 2.05) is 23.0 Å². The molecule has 2 aromatic carbocycles. The minimum atomic E-state index is -0.902. The SMILES string of the molecule is CCc1ccc2c(c1)sc(=NC(=O)c1c(F)cccc1F)n2CCSC. The third-order valence-corrected chi connectivity index (χ3v) is 5.68. The van der Waals surface area contributed by atoms with E-state index in [1.54, 1.807) is 11.8 Å². The molecule has 0 atom stereocenters. The van der Waals surface area contributed by atoms with Crippen molar-refractivity contribution in [3.63, 3.8) is 0 Å². The number of hydrogen-bond donors (Lipinski definition) is 0. The van der Waals surface area contributed by atoms with Gasteiger partial charge in [-0.25, -0.2) is 8.78 Å². The van der Waals surface area contributed by atoms with E-state index < -0.39 is 23.1 Å². The van der Waals surface area contributed by atoms with Crippen LogP contribution < -0.4 is 4.80 Å². The van der Waals surface area contributed by atoms with E-state index in [4.69, 9.17) is 0 Å². The molecule has 136 valence electrons. The molecular formula is C19H18F2N2OS2. The summed E-state index contributed by atoms with van der Waals surface area (Å²) in [7, 11) is 0. The molecule has 1 heterocycles. The summed E-state index contributed by atoms with van der Waals surface area (Å²) >= 11 is 3.04. The molecule has 1 aromatic heterocycles. The average Bonchev–Trinajstić information content (AvgIpc) is 2.95. The molecule has 0 aliphatic rings. The molecule has 3 nitrogen and oxygen atoms in total. The number of thiazole rings is 1. The van der Waals surface area contributed by atoms with Gasteiger partial charge in [-0.15, -0.1) is 0 Å². The Kier molecular flexibility index (Phi) is 5.88. The van der Waals surface area contributed by atoms with Gasteiger partial charge in [-0.05, 0) is 42.5 Å². The Morgan fingerprint density at radius 2 is 1.96 bits per heavy atom. The molecule has 0 saturated heterocycles. The van der Waals surface area contributed by atoms with Crippen molar-refractivity contribution >= 4 is 39.2 Å². The topological polar surface area (TPSA) is 34.4 Å². The minimum Gasteiger partial charge on any atom is -0.316 e. The molecule has 3 rings (SSSR count). The lowest BCUT2D eigenvalue weighted by molar-refractivity contribution is 0.0990. The number of amides is 1. The van der Waals surface area contributed by atoms with Crippen LogP contribution in [0.5, 0.6) is 0 Å². The summed E-state index contributed by atoms with van der Waals surface area (Å²) < 4.78 is 30.7. The first kappa shape index (κ1) is 18.8. The fourth-order valence-electron chi connectivity index (χ4n) is 2.67. The highest BCUT2D eigenvalue weighted by molar-refractivity contribution is 7.98. The maximum atomic E-state index is 13.9. The molecule has 0 aliphatic heterocycles. The number of fused-ring (bicyclic) bond motifs is 1. The number of aromatic nitrogens is 1. The third-order valence-electron chi connectivity index (χ3n) is 4.05. The second-order valence-corrected chi connectivity index (χ2v) is 7.69. The van der Waals surface area contributed by atoms with Crippen LogP contribution in [0.25, 0.3) is 10.2 Å². The fraction of sp³-hybridized carbons (Fsp3) is 0.263. The van der Waals surface area contributed by atoms with Gasteiger partial charge in [-0.1, -0.05) is 30.4 Å². The van der Waals surface area contributed by atoms with Crippen LogP contribution in [0, 0.1) is 11.6 Å². The van der Waals surface area contributed by atoms with E-state index in [9.17, 15) is 13.6 Å². The number of halogens is 2. The summed E-state index contributed by atoms with van der Waals surface area (Å²) in [5, 5.41) is 0. The van der Waals surface area contributed by atoms with E-state index in [-0.39, 0.29) is 0 Å². The number of rotatable bonds is 5. The van der Waals surface area contributed by atoms with Crippen molar-refractivity contribution in [3.8, 4) is 0 Å². The van der Waals surface area contributed by atoms with Gasteiger partial charge in [-0.2, -0.15) is 16.8 Å². The number of nitrogens with zero attached hydrogens (tertiary/aromatic N) is 2. The van der Waals surface area contributed by atoms with E-state index in [0.29, 0.717) is 11.3 Å². The van der Waals surface area contributed by atoms with Crippen molar-refractivity contribution in [3.05, 3.63) is 64.0 Å². The van der Waals surface area contributed by atoms with Crippen LogP contribution in [0.1, 0.15) is 22.8 Å². The van der Waals surface area contributed by atoms with Gasteiger partial charge < -0.3 is 4.57 Å². The van der Waals surface area contributed by atoms with Crippen LogP contribution >= 0.6 is 23.1 Å². The number of benzene rings is 2. The summed E-state index contributed by atoms with van der Waals surface area (Å²) in [5.41, 5.74) is 1.55. The van der Waals surface area contributed by atoms with E-state index in [1.165, 1.54) is 23.0 Å². The second kappa shape index (κ2) is 8.14. The molecule has 0 N–H and O–H groups in total. The Morgan fingerprint density at radius 3 is 2.62 bits per heavy atom. The molecule has 0 radical (unpaired) electrons. The van der Waals surface area contributed by atoms with Crippen molar-refractivity contribution in [2.45, 2.75) is 19.9 Å². The third kappa shape index (κ3) is 3.73. The van der Waals surface area contributed by atoms with Crippen molar-refractivity contribution in [1.82, 2.24) is 4.57 Å². The van der Waals surface area contributed by atoms with Gasteiger partial charge in [0.2, 0.25) is 0 Å². The van der Waals surface area contributed by atoms with Crippen molar-refractivity contribution in [1.29, 1.82) is 0 Å².